The van der Waals surface area contributed by atoms with Gasteiger partial charge in [0.15, 0.2) is 0 Å². The van der Waals surface area contributed by atoms with E-state index in [1.165, 1.54) is 0 Å². The lowest BCUT2D eigenvalue weighted by Gasteiger charge is -2.06. The van der Waals surface area contributed by atoms with Gasteiger partial charge in [-0.25, -0.2) is 0 Å². The quantitative estimate of drug-likeness (QED) is 0.829. The first-order chi connectivity index (χ1) is 7.67. The summed E-state index contributed by atoms with van der Waals surface area (Å²) in [5, 5.41) is 8.50. The van der Waals surface area contributed by atoms with Crippen molar-refractivity contribution in [1.29, 1.82) is 0 Å². The number of hydrogen-bond acceptors (Lipinski definition) is 3. The highest BCUT2D eigenvalue weighted by molar-refractivity contribution is 5.71. The molecule has 0 fully saturated rings. The highest BCUT2D eigenvalue weighted by Gasteiger charge is 2.01. The van der Waals surface area contributed by atoms with Crippen LogP contribution in [0.2, 0.25) is 0 Å². The third-order valence-corrected chi connectivity index (χ3v) is 2.03. The first-order valence-corrected chi connectivity index (χ1v) is 4.77. The Morgan fingerprint density at radius 3 is 2.69 bits per heavy atom. The standard InChI is InChI=1S/C12H14O4/c1-15-10-7-6-9(11(8-10)16-2)4-3-5-12(13)14/h3-4,6-8H,5H2,1-2H3,(H,13,14). The van der Waals surface area contributed by atoms with E-state index in [0.29, 0.717) is 11.5 Å². The van der Waals surface area contributed by atoms with Crippen LogP contribution in [0.4, 0.5) is 0 Å². The maximum Gasteiger partial charge on any atom is 0.307 e. The molecule has 0 aliphatic heterocycles. The zero-order valence-corrected chi connectivity index (χ0v) is 9.27. The smallest absolute Gasteiger partial charge is 0.307 e. The van der Waals surface area contributed by atoms with Crippen molar-refractivity contribution in [1.82, 2.24) is 0 Å². The SMILES string of the molecule is COc1ccc(C=CCC(=O)O)c(OC)c1. The summed E-state index contributed by atoms with van der Waals surface area (Å²) in [6, 6.07) is 5.36. The van der Waals surface area contributed by atoms with E-state index in [0.717, 1.165) is 5.56 Å². The number of carbonyl (C=O) groups is 1. The van der Waals surface area contributed by atoms with Gasteiger partial charge in [0.1, 0.15) is 11.5 Å². The molecule has 0 spiro atoms. The largest absolute Gasteiger partial charge is 0.497 e. The maximum atomic E-state index is 10.3. The molecule has 1 aromatic rings. The van der Waals surface area contributed by atoms with Gasteiger partial charge < -0.3 is 14.6 Å². The summed E-state index contributed by atoms with van der Waals surface area (Å²) in [4.78, 5) is 10.3. The fourth-order valence-electron chi connectivity index (χ4n) is 1.24. The Morgan fingerprint density at radius 1 is 1.38 bits per heavy atom. The zero-order valence-electron chi connectivity index (χ0n) is 9.27. The molecule has 0 aliphatic carbocycles. The molecule has 0 bridgehead atoms. The second-order valence-electron chi connectivity index (χ2n) is 3.11. The average Bonchev–Trinajstić information content (AvgIpc) is 2.29. The molecule has 0 atom stereocenters. The molecule has 0 heterocycles. The number of hydrogen-bond donors (Lipinski definition) is 1. The molecule has 0 aromatic heterocycles. The van der Waals surface area contributed by atoms with Crippen molar-refractivity contribution in [2.45, 2.75) is 6.42 Å². The molecule has 1 N–H and O–H groups in total. The summed E-state index contributed by atoms with van der Waals surface area (Å²) < 4.78 is 10.2. The van der Waals surface area contributed by atoms with E-state index in [9.17, 15) is 4.79 Å². The Morgan fingerprint density at radius 2 is 2.12 bits per heavy atom. The Balaban J connectivity index is 2.87. The van der Waals surface area contributed by atoms with Gasteiger partial charge >= 0.3 is 5.97 Å². The highest BCUT2D eigenvalue weighted by Crippen LogP contribution is 2.25. The second kappa shape index (κ2) is 5.80. The van der Waals surface area contributed by atoms with Crippen LogP contribution >= 0.6 is 0 Å². The summed E-state index contributed by atoms with van der Waals surface area (Å²) in [6.07, 6.45) is 3.29. The van der Waals surface area contributed by atoms with Gasteiger partial charge in [0, 0.05) is 11.6 Å². The lowest BCUT2D eigenvalue weighted by atomic mass is 10.1. The monoisotopic (exact) mass is 222 g/mol. The van der Waals surface area contributed by atoms with Crippen LogP contribution in [0.15, 0.2) is 24.3 Å². The minimum absolute atomic E-state index is 0.00478. The lowest BCUT2D eigenvalue weighted by Crippen LogP contribution is -1.91. The van der Waals surface area contributed by atoms with Crippen molar-refractivity contribution in [3.63, 3.8) is 0 Å². The van der Waals surface area contributed by atoms with Crippen molar-refractivity contribution in [2.24, 2.45) is 0 Å². The third kappa shape index (κ3) is 3.31. The van der Waals surface area contributed by atoms with Crippen molar-refractivity contribution >= 4 is 12.0 Å². The minimum Gasteiger partial charge on any atom is -0.497 e. The molecule has 0 amide bonds. The van der Waals surface area contributed by atoms with Crippen molar-refractivity contribution in [3.8, 4) is 11.5 Å². The number of carboxylic acid groups (broad SMARTS) is 1. The highest BCUT2D eigenvalue weighted by atomic mass is 16.5. The van der Waals surface area contributed by atoms with Crippen LogP contribution in [-0.4, -0.2) is 25.3 Å². The zero-order chi connectivity index (χ0) is 12.0. The topological polar surface area (TPSA) is 55.8 Å². The normalized spacial score (nSPS) is 10.4. The first-order valence-electron chi connectivity index (χ1n) is 4.77. The van der Waals surface area contributed by atoms with Gasteiger partial charge in [-0.1, -0.05) is 12.2 Å². The summed E-state index contributed by atoms with van der Waals surface area (Å²) in [6.45, 7) is 0. The number of benzene rings is 1. The van der Waals surface area contributed by atoms with Crippen molar-refractivity contribution in [2.75, 3.05) is 14.2 Å². The van der Waals surface area contributed by atoms with E-state index >= 15 is 0 Å². The number of aliphatic carboxylic acids is 1. The number of rotatable bonds is 5. The fourth-order valence-corrected chi connectivity index (χ4v) is 1.24. The predicted octanol–water partition coefficient (Wildman–Crippen LogP) is 2.19. The Kier molecular flexibility index (Phi) is 4.39. The van der Waals surface area contributed by atoms with E-state index in [-0.39, 0.29) is 6.42 Å². The number of carboxylic acids is 1. The van der Waals surface area contributed by atoms with Crippen molar-refractivity contribution < 1.29 is 19.4 Å². The molecule has 16 heavy (non-hydrogen) atoms. The molecule has 4 nitrogen and oxygen atoms in total. The van der Waals surface area contributed by atoms with Gasteiger partial charge in [-0.15, -0.1) is 0 Å². The van der Waals surface area contributed by atoms with Crippen LogP contribution < -0.4 is 9.47 Å². The van der Waals surface area contributed by atoms with Gasteiger partial charge in [-0.05, 0) is 12.1 Å². The van der Waals surface area contributed by atoms with Gasteiger partial charge in [-0.2, -0.15) is 0 Å². The minimum atomic E-state index is -0.858. The van der Waals surface area contributed by atoms with Crippen LogP contribution in [-0.2, 0) is 4.79 Å². The molecular formula is C12H14O4. The van der Waals surface area contributed by atoms with Crippen LogP contribution in [0.5, 0.6) is 11.5 Å². The summed E-state index contributed by atoms with van der Waals surface area (Å²) in [5.41, 5.74) is 0.824. The maximum absolute atomic E-state index is 10.3. The number of ether oxygens (including phenoxy) is 2. The van der Waals surface area contributed by atoms with E-state index in [1.807, 2.05) is 6.07 Å². The molecule has 0 radical (unpaired) electrons. The summed E-state index contributed by atoms with van der Waals surface area (Å²) in [5.74, 6) is 0.497. The van der Waals surface area contributed by atoms with E-state index < -0.39 is 5.97 Å². The molecule has 0 saturated carbocycles. The second-order valence-corrected chi connectivity index (χ2v) is 3.11. The molecule has 1 aromatic carbocycles. The van der Waals surface area contributed by atoms with Crippen molar-refractivity contribution in [3.05, 3.63) is 29.8 Å². The van der Waals surface area contributed by atoms with Gasteiger partial charge in [-0.3, -0.25) is 4.79 Å². The third-order valence-electron chi connectivity index (χ3n) is 2.03. The molecule has 86 valence electrons. The Labute approximate surface area is 94.1 Å². The molecule has 4 heteroatoms. The molecular weight excluding hydrogens is 208 g/mol. The lowest BCUT2D eigenvalue weighted by molar-refractivity contribution is -0.135. The fraction of sp³-hybridized carbons (Fsp3) is 0.250. The summed E-state index contributed by atoms with van der Waals surface area (Å²) >= 11 is 0. The van der Waals surface area contributed by atoms with Crippen LogP contribution in [0.3, 0.4) is 0 Å². The van der Waals surface area contributed by atoms with Gasteiger partial charge in [0.05, 0.1) is 20.6 Å². The first kappa shape index (κ1) is 12.1. The Hall–Kier alpha value is -1.97. The number of methoxy groups -OCH3 is 2. The predicted molar refractivity (Wildman–Crippen MR) is 60.8 cm³/mol. The van der Waals surface area contributed by atoms with Crippen LogP contribution in [0, 0.1) is 0 Å². The van der Waals surface area contributed by atoms with Crippen LogP contribution in [0.25, 0.3) is 6.08 Å². The average molecular weight is 222 g/mol. The van der Waals surface area contributed by atoms with Gasteiger partial charge in [0.25, 0.3) is 0 Å². The van der Waals surface area contributed by atoms with Gasteiger partial charge in [0.2, 0.25) is 0 Å². The van der Waals surface area contributed by atoms with E-state index in [1.54, 1.807) is 38.5 Å². The molecule has 0 saturated heterocycles. The van der Waals surface area contributed by atoms with E-state index in [2.05, 4.69) is 0 Å². The molecule has 1 rings (SSSR count). The Bertz CT molecular complexity index is 396. The summed E-state index contributed by atoms with van der Waals surface area (Å²) in [7, 11) is 3.14. The molecule has 0 aliphatic rings. The van der Waals surface area contributed by atoms with Crippen LogP contribution in [0.1, 0.15) is 12.0 Å². The molecule has 0 unspecified atom stereocenters. The van der Waals surface area contributed by atoms with E-state index in [4.69, 9.17) is 14.6 Å².